The molecule has 0 spiro atoms. The highest BCUT2D eigenvalue weighted by atomic mass is 32.1. The number of rotatable bonds is 9. The average molecular weight is 949 g/mol. The molecule has 3 heterocycles. The molecule has 0 atom stereocenters. The minimum atomic E-state index is -0.271. The summed E-state index contributed by atoms with van der Waals surface area (Å²) in [5, 5.41) is 13.1. The van der Waals surface area contributed by atoms with E-state index < -0.39 is 0 Å². The maximum Gasteiger partial charge on any atom is 0.143 e. The molecule has 0 radical (unpaired) electrons. The largest absolute Gasteiger partial charge is 0.243 e. The van der Waals surface area contributed by atoms with Crippen molar-refractivity contribution in [3.05, 3.63) is 236 Å². The zero-order chi connectivity index (χ0) is 47.8. The minimum Gasteiger partial charge on any atom is -0.243 e. The summed E-state index contributed by atoms with van der Waals surface area (Å²) in [4.78, 5) is 2.45. The predicted octanol–water partition coefficient (Wildman–Crippen LogP) is 18.6. The first-order valence-corrected chi connectivity index (χ1v) is 26.0. The molecule has 0 N–H and O–H groups in total. The Balaban J connectivity index is 0.922. The number of benzene rings is 8. The molecule has 0 bridgehead atoms. The Labute approximate surface area is 422 Å². The van der Waals surface area contributed by atoms with Crippen LogP contribution in [-0.2, 0) is 10.8 Å². The summed E-state index contributed by atoms with van der Waals surface area (Å²) < 4.78 is 5.40. The van der Waals surface area contributed by atoms with Gasteiger partial charge in [-0.1, -0.05) is 173 Å². The predicted molar refractivity (Wildman–Crippen MR) is 301 cm³/mol. The van der Waals surface area contributed by atoms with Crippen molar-refractivity contribution in [1.29, 1.82) is 0 Å². The fourth-order valence-corrected chi connectivity index (χ4v) is 12.5. The highest BCUT2D eigenvalue weighted by Crippen LogP contribution is 2.53. The van der Waals surface area contributed by atoms with E-state index in [1.165, 1.54) is 98.8 Å². The fourth-order valence-electron chi connectivity index (χ4n) is 11.3. The van der Waals surface area contributed by atoms with E-state index in [1.54, 1.807) is 22.7 Å². The second-order valence-corrected chi connectivity index (χ2v) is 21.8. The second kappa shape index (κ2) is 16.9. The van der Waals surface area contributed by atoms with Crippen LogP contribution in [0.15, 0.2) is 197 Å². The van der Waals surface area contributed by atoms with E-state index in [4.69, 9.17) is 4.63 Å². The summed E-state index contributed by atoms with van der Waals surface area (Å²) >= 11 is 3.52. The summed E-state index contributed by atoms with van der Waals surface area (Å²) in [5.74, 6) is 0. The molecule has 3 nitrogen and oxygen atoms in total. The molecule has 71 heavy (non-hydrogen) atoms. The average Bonchev–Trinajstić information content (AvgIpc) is 4.28. The van der Waals surface area contributed by atoms with Crippen LogP contribution in [0.4, 0.5) is 0 Å². The molecule has 0 saturated heterocycles. The Bertz CT molecular complexity index is 3910. The van der Waals surface area contributed by atoms with E-state index in [9.17, 15) is 0 Å². The van der Waals surface area contributed by atoms with Gasteiger partial charge < -0.3 is 0 Å². The van der Waals surface area contributed by atoms with Crippen molar-refractivity contribution in [2.45, 2.75) is 38.5 Å². The van der Waals surface area contributed by atoms with Gasteiger partial charge in [-0.3, -0.25) is 0 Å². The molecular weight excluding hydrogens is 901 g/mol. The first kappa shape index (κ1) is 43.1. The van der Waals surface area contributed by atoms with Crippen LogP contribution in [0.2, 0.25) is 0 Å². The van der Waals surface area contributed by atoms with Gasteiger partial charge in [0.05, 0.1) is 0 Å². The fraction of sp³-hybridized carbons (Fsp3) is 0.0909. The van der Waals surface area contributed by atoms with Crippen molar-refractivity contribution in [1.82, 2.24) is 10.3 Å². The van der Waals surface area contributed by atoms with Gasteiger partial charge in [0.1, 0.15) is 11.0 Å². The van der Waals surface area contributed by atoms with Crippen molar-refractivity contribution < 1.29 is 4.63 Å². The van der Waals surface area contributed by atoms with Gasteiger partial charge in [-0.25, -0.2) is 4.63 Å². The second-order valence-electron chi connectivity index (χ2n) is 19.9. The summed E-state index contributed by atoms with van der Waals surface area (Å²) in [6.45, 7) is 9.50. The van der Waals surface area contributed by atoms with Gasteiger partial charge >= 0.3 is 0 Å². The minimum absolute atomic E-state index is 0.178. The molecule has 0 aliphatic heterocycles. The smallest absolute Gasteiger partial charge is 0.143 e. The molecule has 0 amide bonds. The summed E-state index contributed by atoms with van der Waals surface area (Å²) in [5.41, 5.74) is 25.5. The van der Waals surface area contributed by atoms with Gasteiger partial charge in [-0.15, -0.1) is 22.7 Å². The third-order valence-corrected chi connectivity index (χ3v) is 16.7. The van der Waals surface area contributed by atoms with Crippen LogP contribution in [0.1, 0.15) is 70.8 Å². The molecule has 5 heteroatoms. The van der Waals surface area contributed by atoms with Gasteiger partial charge in [0.2, 0.25) is 0 Å². The number of hydrogen-bond acceptors (Lipinski definition) is 5. The molecule has 0 unspecified atom stereocenters. The monoisotopic (exact) mass is 948 g/mol. The maximum atomic E-state index is 5.40. The topological polar surface area (TPSA) is 38.9 Å². The highest BCUT2D eigenvalue weighted by molar-refractivity contribution is 7.11. The van der Waals surface area contributed by atoms with Crippen LogP contribution in [0, 0.1) is 0 Å². The van der Waals surface area contributed by atoms with Crippen molar-refractivity contribution in [3.8, 4) is 77.9 Å². The molecule has 13 rings (SSSR count). The third kappa shape index (κ3) is 7.30. The van der Waals surface area contributed by atoms with Crippen molar-refractivity contribution in [2.24, 2.45) is 0 Å². The number of hydrogen-bond donors (Lipinski definition) is 0. The highest BCUT2D eigenvalue weighted by Gasteiger charge is 2.38. The van der Waals surface area contributed by atoms with Gasteiger partial charge in [0.15, 0.2) is 0 Å². The number of nitrogens with zero attached hydrogens (tertiary/aromatic N) is 2. The van der Waals surface area contributed by atoms with E-state index in [-0.39, 0.29) is 10.8 Å². The molecule has 340 valence electrons. The molecule has 8 aromatic carbocycles. The van der Waals surface area contributed by atoms with E-state index in [1.807, 2.05) is 18.2 Å². The molecule has 0 saturated carbocycles. The molecule has 2 aliphatic carbocycles. The Hall–Kier alpha value is -7.96. The standard InChI is InChI=1S/C66H48N2OS2/c1-65(2)59-37-43(41-13-7-5-8-14-41)21-27-53(59)55-29-23-47(39-61(55)65)57-35-45(20-26-50-18-12-34-71-50)58(36-44(57)19-25-49-17-11-33-70-49)48-24-30-56-54-28-22-46(38-60(54)66(3,4)62(56)40-48)52-32-31-51(42-15-9-6-10-16-42)63-64(52)68-69-67-63/h5-40H,1-4H3/b25-19+,26-20+. The molecule has 3 aromatic heterocycles. The van der Waals surface area contributed by atoms with Gasteiger partial charge in [-0.05, 0) is 182 Å². The lowest BCUT2D eigenvalue weighted by molar-refractivity contribution is 0.315. The van der Waals surface area contributed by atoms with E-state index >= 15 is 0 Å². The van der Waals surface area contributed by atoms with Crippen LogP contribution >= 0.6 is 22.7 Å². The molecule has 2 aliphatic rings. The zero-order valence-corrected chi connectivity index (χ0v) is 41.5. The van der Waals surface area contributed by atoms with Crippen LogP contribution < -0.4 is 0 Å². The Morgan fingerprint density at radius 3 is 1.15 bits per heavy atom. The van der Waals surface area contributed by atoms with Crippen molar-refractivity contribution in [3.63, 3.8) is 0 Å². The lowest BCUT2D eigenvalue weighted by Crippen LogP contribution is -2.15. The van der Waals surface area contributed by atoms with Gasteiger partial charge in [-0.2, -0.15) is 0 Å². The van der Waals surface area contributed by atoms with E-state index in [2.05, 4.69) is 237 Å². The number of aromatic nitrogens is 2. The van der Waals surface area contributed by atoms with E-state index in [0.29, 0.717) is 0 Å². The van der Waals surface area contributed by atoms with Crippen LogP contribution in [0.3, 0.4) is 0 Å². The zero-order valence-electron chi connectivity index (χ0n) is 39.9. The SMILES string of the molecule is CC1(C)c2cc(-c3ccccc3)ccc2-c2ccc(-c3cc(/C=C/c4cccs4)c(-c4ccc5c(c4)C(C)(C)c4cc(-c6ccc(-c7ccccc7)c7nonc67)ccc4-5)cc3/C=C/c3cccs3)cc21. The summed E-state index contributed by atoms with van der Waals surface area (Å²) in [6, 6.07) is 67.0. The lowest BCUT2D eigenvalue weighted by atomic mass is 9.79. The Kier molecular flexibility index (Phi) is 10.2. The lowest BCUT2D eigenvalue weighted by Gasteiger charge is -2.24. The first-order chi connectivity index (χ1) is 34.7. The van der Waals surface area contributed by atoms with Crippen LogP contribution in [0.25, 0.3) is 113 Å². The number of fused-ring (bicyclic) bond motifs is 7. The van der Waals surface area contributed by atoms with E-state index in [0.717, 1.165) is 33.3 Å². The summed E-state index contributed by atoms with van der Waals surface area (Å²) in [6.07, 6.45) is 9.17. The number of thiophene rings is 2. The van der Waals surface area contributed by atoms with Gasteiger partial charge in [0, 0.05) is 31.7 Å². The first-order valence-electron chi connectivity index (χ1n) is 24.3. The van der Waals surface area contributed by atoms with Crippen LogP contribution in [0.5, 0.6) is 0 Å². The third-order valence-electron chi connectivity index (χ3n) is 15.1. The quantitative estimate of drug-likeness (QED) is 0.145. The molecule has 11 aromatic rings. The molecular formula is C66H48N2OS2. The van der Waals surface area contributed by atoms with Crippen LogP contribution in [-0.4, -0.2) is 10.3 Å². The normalized spacial score (nSPS) is 14.0. The Morgan fingerprint density at radius 1 is 0.338 bits per heavy atom. The van der Waals surface area contributed by atoms with Crippen molar-refractivity contribution >= 4 is 58.0 Å². The molecule has 0 fully saturated rings. The van der Waals surface area contributed by atoms with Crippen molar-refractivity contribution in [2.75, 3.05) is 0 Å². The Morgan fingerprint density at radius 2 is 0.718 bits per heavy atom. The summed E-state index contributed by atoms with van der Waals surface area (Å²) in [7, 11) is 0. The van der Waals surface area contributed by atoms with Gasteiger partial charge in [0.25, 0.3) is 0 Å². The maximum absolute atomic E-state index is 5.40.